The maximum Gasteiger partial charge on any atom is 0.238 e. The van der Waals surface area contributed by atoms with E-state index >= 15 is 0 Å². The second-order valence-electron chi connectivity index (χ2n) is 3.76. The summed E-state index contributed by atoms with van der Waals surface area (Å²) in [4.78, 5) is 0. The first-order chi connectivity index (χ1) is 8.84. The van der Waals surface area contributed by atoms with Gasteiger partial charge in [0.25, 0.3) is 0 Å². The Morgan fingerprint density at radius 2 is 1.83 bits per heavy atom. The van der Waals surface area contributed by atoms with E-state index in [1.165, 1.54) is 0 Å². The monoisotopic (exact) mass is 300 g/mol. The number of halogens is 1. The molecular weight excluding hydrogens is 292 g/mol. The highest BCUT2D eigenvalue weighted by molar-refractivity contribution is 9.10. The summed E-state index contributed by atoms with van der Waals surface area (Å²) in [5, 5.41) is 9.96. The summed E-state index contributed by atoms with van der Waals surface area (Å²) in [7, 11) is 0. The maximum absolute atomic E-state index is 5.70. The molecule has 4 heteroatoms. The third-order valence-corrected chi connectivity index (χ3v) is 3.41. The first-order valence-electron chi connectivity index (χ1n) is 5.47. The molecule has 0 spiro atoms. The maximum atomic E-state index is 5.70. The molecule has 0 bridgehead atoms. The smallest absolute Gasteiger partial charge is 0.238 e. The summed E-state index contributed by atoms with van der Waals surface area (Å²) in [5.74, 6) is 1.21. The zero-order chi connectivity index (χ0) is 12.4. The van der Waals surface area contributed by atoms with Crippen molar-refractivity contribution in [3.63, 3.8) is 0 Å². The molecule has 1 aromatic heterocycles. The van der Waals surface area contributed by atoms with Crippen LogP contribution in [0.25, 0.3) is 10.8 Å². The Kier molecular flexibility index (Phi) is 2.94. The molecule has 1 heterocycles. The van der Waals surface area contributed by atoms with E-state index in [0.29, 0.717) is 5.88 Å². The molecule has 3 rings (SSSR count). The van der Waals surface area contributed by atoms with Crippen LogP contribution in [-0.4, -0.2) is 10.2 Å². The van der Waals surface area contributed by atoms with Crippen LogP contribution in [0.5, 0.6) is 11.6 Å². The van der Waals surface area contributed by atoms with Crippen molar-refractivity contribution < 1.29 is 4.74 Å². The summed E-state index contributed by atoms with van der Waals surface area (Å²) in [6.45, 7) is 0. The lowest BCUT2D eigenvalue weighted by atomic mass is 10.1. The highest BCUT2D eigenvalue weighted by atomic mass is 79.9. The Morgan fingerprint density at radius 1 is 0.944 bits per heavy atom. The van der Waals surface area contributed by atoms with E-state index in [-0.39, 0.29) is 0 Å². The topological polar surface area (TPSA) is 35.0 Å². The lowest BCUT2D eigenvalue weighted by molar-refractivity contribution is 0.453. The molecule has 0 fully saturated rings. The Bertz CT molecular complexity index is 686. The van der Waals surface area contributed by atoms with Gasteiger partial charge in [-0.1, -0.05) is 30.3 Å². The molecule has 2 aromatic carbocycles. The van der Waals surface area contributed by atoms with Crippen molar-refractivity contribution in [3.8, 4) is 11.6 Å². The summed E-state index contributed by atoms with van der Waals surface area (Å²) in [6, 6.07) is 15.6. The van der Waals surface area contributed by atoms with Crippen molar-refractivity contribution >= 4 is 26.7 Å². The number of rotatable bonds is 2. The molecule has 0 saturated heterocycles. The van der Waals surface area contributed by atoms with Crippen LogP contribution < -0.4 is 4.74 Å². The lowest BCUT2D eigenvalue weighted by Gasteiger charge is -2.08. The van der Waals surface area contributed by atoms with Crippen LogP contribution in [0.4, 0.5) is 0 Å². The zero-order valence-electron chi connectivity index (χ0n) is 9.38. The average molecular weight is 301 g/mol. The SMILES string of the molecule is Brc1c(Oc2cccnn2)ccc2ccccc12. The minimum absolute atomic E-state index is 0.480. The van der Waals surface area contributed by atoms with Gasteiger partial charge in [0.15, 0.2) is 0 Å². The molecule has 88 valence electrons. The second kappa shape index (κ2) is 4.74. The van der Waals surface area contributed by atoms with Gasteiger partial charge < -0.3 is 4.74 Å². The largest absolute Gasteiger partial charge is 0.436 e. The number of benzene rings is 2. The molecule has 0 atom stereocenters. The van der Waals surface area contributed by atoms with Crippen LogP contribution in [0.1, 0.15) is 0 Å². The van der Waals surface area contributed by atoms with Gasteiger partial charge in [0.1, 0.15) is 5.75 Å². The van der Waals surface area contributed by atoms with E-state index in [9.17, 15) is 0 Å². The van der Waals surface area contributed by atoms with Crippen molar-refractivity contribution in [2.45, 2.75) is 0 Å². The summed E-state index contributed by atoms with van der Waals surface area (Å²) >= 11 is 3.57. The van der Waals surface area contributed by atoms with Crippen LogP contribution in [0, 0.1) is 0 Å². The van der Waals surface area contributed by atoms with Crippen LogP contribution in [0.15, 0.2) is 59.2 Å². The van der Waals surface area contributed by atoms with Crippen LogP contribution in [-0.2, 0) is 0 Å². The Hall–Kier alpha value is -1.94. The molecule has 0 amide bonds. The number of fused-ring (bicyclic) bond motifs is 1. The standard InChI is InChI=1S/C14H9BrN2O/c15-14-11-5-2-1-4-10(11)7-8-12(14)18-13-6-3-9-16-17-13/h1-9H. The molecule has 0 aliphatic heterocycles. The Morgan fingerprint density at radius 3 is 2.67 bits per heavy atom. The van der Waals surface area contributed by atoms with Gasteiger partial charge in [-0.25, -0.2) is 0 Å². The van der Waals surface area contributed by atoms with E-state index in [1.807, 2.05) is 30.3 Å². The van der Waals surface area contributed by atoms with E-state index in [1.54, 1.807) is 18.3 Å². The van der Waals surface area contributed by atoms with Crippen LogP contribution in [0.2, 0.25) is 0 Å². The van der Waals surface area contributed by atoms with Crippen molar-refractivity contribution in [1.82, 2.24) is 10.2 Å². The normalized spacial score (nSPS) is 10.5. The average Bonchev–Trinajstić information content (AvgIpc) is 2.43. The molecule has 18 heavy (non-hydrogen) atoms. The predicted molar refractivity (Wildman–Crippen MR) is 73.8 cm³/mol. The van der Waals surface area contributed by atoms with Crippen molar-refractivity contribution in [2.24, 2.45) is 0 Å². The predicted octanol–water partition coefficient (Wildman–Crippen LogP) is 4.18. The fourth-order valence-electron chi connectivity index (χ4n) is 1.75. The first kappa shape index (κ1) is 11.2. The summed E-state index contributed by atoms with van der Waals surface area (Å²) in [6.07, 6.45) is 1.61. The van der Waals surface area contributed by atoms with Gasteiger partial charge in [-0.05, 0) is 38.8 Å². The molecule has 0 radical (unpaired) electrons. The van der Waals surface area contributed by atoms with Gasteiger partial charge in [-0.2, -0.15) is 5.10 Å². The molecule has 0 saturated carbocycles. The Balaban J connectivity index is 2.05. The second-order valence-corrected chi connectivity index (χ2v) is 4.56. The van der Waals surface area contributed by atoms with Gasteiger partial charge in [-0.3, -0.25) is 0 Å². The minimum atomic E-state index is 0.480. The summed E-state index contributed by atoms with van der Waals surface area (Å²) < 4.78 is 6.62. The molecule has 0 aliphatic rings. The third kappa shape index (κ3) is 2.07. The fourth-order valence-corrected chi connectivity index (χ4v) is 2.32. The minimum Gasteiger partial charge on any atom is -0.436 e. The quantitative estimate of drug-likeness (QED) is 0.712. The van der Waals surface area contributed by atoms with Crippen LogP contribution >= 0.6 is 15.9 Å². The van der Waals surface area contributed by atoms with E-state index < -0.39 is 0 Å². The fraction of sp³-hybridized carbons (Fsp3) is 0. The number of aromatic nitrogens is 2. The number of hydrogen-bond donors (Lipinski definition) is 0. The molecule has 3 aromatic rings. The van der Waals surface area contributed by atoms with Crippen molar-refractivity contribution in [2.75, 3.05) is 0 Å². The van der Waals surface area contributed by atoms with Gasteiger partial charge in [0.2, 0.25) is 5.88 Å². The van der Waals surface area contributed by atoms with Crippen LogP contribution in [0.3, 0.4) is 0 Å². The van der Waals surface area contributed by atoms with E-state index in [4.69, 9.17) is 4.74 Å². The number of nitrogens with zero attached hydrogens (tertiary/aromatic N) is 2. The highest BCUT2D eigenvalue weighted by Crippen LogP contribution is 2.34. The van der Waals surface area contributed by atoms with Gasteiger partial charge >= 0.3 is 0 Å². The van der Waals surface area contributed by atoms with Gasteiger partial charge in [0, 0.05) is 12.3 Å². The highest BCUT2D eigenvalue weighted by Gasteiger charge is 2.07. The van der Waals surface area contributed by atoms with Gasteiger partial charge in [-0.15, -0.1) is 5.10 Å². The van der Waals surface area contributed by atoms with E-state index in [0.717, 1.165) is 21.0 Å². The molecular formula is C14H9BrN2O. The number of ether oxygens (including phenoxy) is 1. The lowest BCUT2D eigenvalue weighted by Crippen LogP contribution is -1.90. The Labute approximate surface area is 113 Å². The molecule has 0 aliphatic carbocycles. The van der Waals surface area contributed by atoms with Crippen molar-refractivity contribution in [1.29, 1.82) is 0 Å². The van der Waals surface area contributed by atoms with Crippen molar-refractivity contribution in [3.05, 3.63) is 59.2 Å². The third-order valence-electron chi connectivity index (χ3n) is 2.59. The zero-order valence-corrected chi connectivity index (χ0v) is 11.0. The molecule has 0 unspecified atom stereocenters. The first-order valence-corrected chi connectivity index (χ1v) is 6.27. The number of hydrogen-bond acceptors (Lipinski definition) is 3. The summed E-state index contributed by atoms with van der Waals surface area (Å²) in [5.41, 5.74) is 0. The van der Waals surface area contributed by atoms with Gasteiger partial charge in [0.05, 0.1) is 4.47 Å². The molecule has 3 nitrogen and oxygen atoms in total. The molecule has 0 N–H and O–H groups in total. The van der Waals surface area contributed by atoms with E-state index in [2.05, 4.69) is 32.2 Å².